The standard InChI is InChI=1S/C14H20N6.ClH/c1-11-7-12(8-15)9-19(11)10-14-16-17-18-20(14)13-5-3-2-4-6-13;/h2-6,11-12H,7-10,15H2,1H3;1H. The van der Waals surface area contributed by atoms with E-state index >= 15 is 0 Å². The summed E-state index contributed by atoms with van der Waals surface area (Å²) in [4.78, 5) is 2.41. The van der Waals surface area contributed by atoms with Gasteiger partial charge in [0.1, 0.15) is 0 Å². The average Bonchev–Trinajstić information content (AvgIpc) is 3.08. The van der Waals surface area contributed by atoms with Crippen molar-refractivity contribution in [3.05, 3.63) is 36.2 Å². The summed E-state index contributed by atoms with van der Waals surface area (Å²) in [6.45, 7) is 4.79. The van der Waals surface area contributed by atoms with Crippen LogP contribution in [0.1, 0.15) is 19.2 Å². The Hall–Kier alpha value is -1.50. The number of para-hydroxylation sites is 1. The summed E-state index contributed by atoms with van der Waals surface area (Å²) in [5, 5.41) is 12.1. The summed E-state index contributed by atoms with van der Waals surface area (Å²) in [6.07, 6.45) is 1.16. The lowest BCUT2D eigenvalue weighted by Gasteiger charge is -2.20. The largest absolute Gasteiger partial charge is 0.330 e. The highest BCUT2D eigenvalue weighted by Crippen LogP contribution is 2.23. The summed E-state index contributed by atoms with van der Waals surface area (Å²) in [7, 11) is 0. The minimum Gasteiger partial charge on any atom is -0.330 e. The summed E-state index contributed by atoms with van der Waals surface area (Å²) in [5.74, 6) is 1.46. The van der Waals surface area contributed by atoms with E-state index in [2.05, 4.69) is 27.3 Å². The molecule has 2 atom stereocenters. The maximum Gasteiger partial charge on any atom is 0.170 e. The molecule has 2 unspecified atom stereocenters. The Morgan fingerprint density at radius 1 is 1.29 bits per heavy atom. The maximum absolute atomic E-state index is 5.78. The van der Waals surface area contributed by atoms with Gasteiger partial charge in [0, 0.05) is 12.6 Å². The van der Waals surface area contributed by atoms with Crippen LogP contribution in [0.25, 0.3) is 5.69 Å². The van der Waals surface area contributed by atoms with Crippen molar-refractivity contribution in [1.82, 2.24) is 25.1 Å². The number of nitrogens with two attached hydrogens (primary N) is 1. The number of aromatic nitrogens is 4. The monoisotopic (exact) mass is 308 g/mol. The number of rotatable bonds is 4. The van der Waals surface area contributed by atoms with Crippen LogP contribution in [-0.2, 0) is 6.54 Å². The fraction of sp³-hybridized carbons (Fsp3) is 0.500. The van der Waals surface area contributed by atoms with Crippen LogP contribution in [0.3, 0.4) is 0 Å². The summed E-state index contributed by atoms with van der Waals surface area (Å²) in [6, 6.07) is 10.5. The molecular formula is C14H21ClN6. The number of hydrogen-bond acceptors (Lipinski definition) is 5. The highest BCUT2D eigenvalue weighted by molar-refractivity contribution is 5.85. The van der Waals surface area contributed by atoms with Crippen molar-refractivity contribution in [1.29, 1.82) is 0 Å². The molecule has 1 aliphatic rings. The van der Waals surface area contributed by atoms with Gasteiger partial charge in [0.15, 0.2) is 5.82 Å². The molecule has 3 rings (SSSR count). The Labute approximate surface area is 130 Å². The zero-order valence-electron chi connectivity index (χ0n) is 12.1. The Morgan fingerprint density at radius 3 is 2.71 bits per heavy atom. The lowest BCUT2D eigenvalue weighted by Crippen LogP contribution is -2.28. The fourth-order valence-corrected chi connectivity index (χ4v) is 2.86. The Morgan fingerprint density at radius 2 is 2.05 bits per heavy atom. The molecule has 21 heavy (non-hydrogen) atoms. The van der Waals surface area contributed by atoms with E-state index in [1.54, 1.807) is 0 Å². The Balaban J connectivity index is 0.00000161. The zero-order chi connectivity index (χ0) is 13.9. The molecule has 0 saturated carbocycles. The van der Waals surface area contributed by atoms with E-state index in [1.807, 2.05) is 35.0 Å². The van der Waals surface area contributed by atoms with Crippen LogP contribution in [0.4, 0.5) is 0 Å². The van der Waals surface area contributed by atoms with Crippen LogP contribution in [0.2, 0.25) is 0 Å². The van der Waals surface area contributed by atoms with E-state index in [9.17, 15) is 0 Å². The number of hydrogen-bond donors (Lipinski definition) is 1. The Kier molecular flexibility index (Phi) is 5.27. The van der Waals surface area contributed by atoms with Crippen LogP contribution >= 0.6 is 12.4 Å². The van der Waals surface area contributed by atoms with E-state index in [1.165, 1.54) is 0 Å². The SMILES string of the molecule is CC1CC(CN)CN1Cc1nnnn1-c1ccccc1.Cl. The minimum absolute atomic E-state index is 0. The van der Waals surface area contributed by atoms with Gasteiger partial charge in [-0.1, -0.05) is 18.2 Å². The fourth-order valence-electron chi connectivity index (χ4n) is 2.86. The number of halogens is 1. The highest BCUT2D eigenvalue weighted by atomic mass is 35.5. The molecule has 1 aliphatic heterocycles. The molecule has 114 valence electrons. The molecule has 2 N–H and O–H groups in total. The van der Waals surface area contributed by atoms with Crippen molar-refractivity contribution in [2.45, 2.75) is 25.9 Å². The smallest absolute Gasteiger partial charge is 0.170 e. The van der Waals surface area contributed by atoms with Crippen LogP contribution < -0.4 is 5.73 Å². The molecule has 2 heterocycles. The molecule has 0 amide bonds. The van der Waals surface area contributed by atoms with Gasteiger partial charge >= 0.3 is 0 Å². The third-order valence-electron chi connectivity index (χ3n) is 4.00. The molecule has 1 aromatic carbocycles. The first kappa shape index (κ1) is 15.9. The summed E-state index contributed by atoms with van der Waals surface area (Å²) < 4.78 is 1.81. The van der Waals surface area contributed by atoms with Crippen molar-refractivity contribution in [3.63, 3.8) is 0 Å². The molecule has 0 aliphatic carbocycles. The van der Waals surface area contributed by atoms with E-state index in [4.69, 9.17) is 5.73 Å². The molecule has 6 nitrogen and oxygen atoms in total. The van der Waals surface area contributed by atoms with E-state index < -0.39 is 0 Å². The van der Waals surface area contributed by atoms with E-state index in [0.29, 0.717) is 12.0 Å². The van der Waals surface area contributed by atoms with Crippen LogP contribution in [0.5, 0.6) is 0 Å². The molecule has 0 radical (unpaired) electrons. The first-order valence-electron chi connectivity index (χ1n) is 7.04. The van der Waals surface area contributed by atoms with Crippen molar-refractivity contribution < 1.29 is 0 Å². The second kappa shape index (κ2) is 6.98. The molecule has 1 fully saturated rings. The van der Waals surface area contributed by atoms with Crippen molar-refractivity contribution in [3.8, 4) is 5.69 Å². The topological polar surface area (TPSA) is 72.9 Å². The lowest BCUT2D eigenvalue weighted by molar-refractivity contribution is 0.247. The normalized spacial score (nSPS) is 22.2. The quantitative estimate of drug-likeness (QED) is 0.920. The third kappa shape index (κ3) is 3.40. The van der Waals surface area contributed by atoms with Crippen molar-refractivity contribution in [2.24, 2.45) is 11.7 Å². The second-order valence-electron chi connectivity index (χ2n) is 5.46. The second-order valence-corrected chi connectivity index (χ2v) is 5.46. The van der Waals surface area contributed by atoms with Crippen molar-refractivity contribution in [2.75, 3.05) is 13.1 Å². The van der Waals surface area contributed by atoms with E-state index in [0.717, 1.165) is 37.6 Å². The third-order valence-corrected chi connectivity index (χ3v) is 4.00. The highest BCUT2D eigenvalue weighted by Gasteiger charge is 2.29. The van der Waals surface area contributed by atoms with Gasteiger partial charge in [0.05, 0.1) is 12.2 Å². The first-order valence-corrected chi connectivity index (χ1v) is 7.04. The van der Waals surface area contributed by atoms with Crippen LogP contribution in [-0.4, -0.2) is 44.2 Å². The molecule has 7 heteroatoms. The molecule has 1 aromatic heterocycles. The first-order chi connectivity index (χ1) is 9.78. The van der Waals surface area contributed by atoms with Gasteiger partial charge in [0.2, 0.25) is 0 Å². The van der Waals surface area contributed by atoms with Gasteiger partial charge < -0.3 is 5.73 Å². The number of benzene rings is 1. The Bertz CT molecular complexity index is 558. The number of nitrogens with zero attached hydrogens (tertiary/aromatic N) is 5. The molecule has 1 saturated heterocycles. The maximum atomic E-state index is 5.78. The number of tetrazole rings is 1. The molecule has 0 spiro atoms. The van der Waals surface area contributed by atoms with Gasteiger partial charge in [-0.25, -0.2) is 0 Å². The van der Waals surface area contributed by atoms with Gasteiger partial charge in [-0.05, 0) is 48.4 Å². The van der Waals surface area contributed by atoms with Crippen molar-refractivity contribution >= 4 is 12.4 Å². The lowest BCUT2D eigenvalue weighted by atomic mass is 10.1. The van der Waals surface area contributed by atoms with E-state index in [-0.39, 0.29) is 12.4 Å². The zero-order valence-corrected chi connectivity index (χ0v) is 12.9. The van der Waals surface area contributed by atoms with Gasteiger partial charge in [0.25, 0.3) is 0 Å². The molecule has 0 bridgehead atoms. The van der Waals surface area contributed by atoms with Crippen LogP contribution in [0, 0.1) is 5.92 Å². The number of likely N-dealkylation sites (tertiary alicyclic amines) is 1. The van der Waals surface area contributed by atoms with Gasteiger partial charge in [-0.15, -0.1) is 17.5 Å². The minimum atomic E-state index is 0. The van der Waals surface area contributed by atoms with Gasteiger partial charge in [-0.3, -0.25) is 4.90 Å². The summed E-state index contributed by atoms with van der Waals surface area (Å²) in [5.41, 5.74) is 6.78. The average molecular weight is 309 g/mol. The summed E-state index contributed by atoms with van der Waals surface area (Å²) >= 11 is 0. The van der Waals surface area contributed by atoms with Gasteiger partial charge in [-0.2, -0.15) is 4.68 Å². The molecule has 2 aromatic rings. The molecular weight excluding hydrogens is 288 g/mol. The van der Waals surface area contributed by atoms with Crippen LogP contribution in [0.15, 0.2) is 30.3 Å². The predicted molar refractivity (Wildman–Crippen MR) is 83.4 cm³/mol. The predicted octanol–water partition coefficient (Wildman–Crippen LogP) is 1.25.